The molecule has 0 aromatic heterocycles. The zero-order valence-electron chi connectivity index (χ0n) is 13.7. The smallest absolute Gasteiger partial charge is 0.343 e. The van der Waals surface area contributed by atoms with Gasteiger partial charge in [-0.25, -0.2) is 4.79 Å². The average molecular weight is 353 g/mol. The van der Waals surface area contributed by atoms with Crippen molar-refractivity contribution in [2.45, 2.75) is 6.92 Å². The summed E-state index contributed by atoms with van der Waals surface area (Å²) in [5.74, 6) is 0.764. The lowest BCUT2D eigenvalue weighted by Gasteiger charge is -2.14. The first kappa shape index (κ1) is 17.1. The summed E-state index contributed by atoms with van der Waals surface area (Å²) in [6.45, 7) is 2.49. The van der Waals surface area contributed by atoms with E-state index >= 15 is 0 Å². The van der Waals surface area contributed by atoms with Gasteiger partial charge in [0.05, 0.1) is 12.2 Å². The molecule has 4 heteroatoms. The molecule has 3 aromatic rings. The number of para-hydroxylation sites is 2. The second-order valence-electron chi connectivity index (χ2n) is 5.33. The molecule has 3 aromatic carbocycles. The molecule has 25 heavy (non-hydrogen) atoms. The van der Waals surface area contributed by atoms with Crippen LogP contribution >= 0.6 is 11.6 Å². The van der Waals surface area contributed by atoms with Gasteiger partial charge >= 0.3 is 5.97 Å². The standard InChI is InChI=1S/C21H17ClO3/c1-2-24-19-12-5-3-10-17(19)18-11-4-6-13-20(18)25-21(23)15-8-7-9-16(22)14-15/h3-14H,2H2,1H3. The Hall–Kier alpha value is -2.78. The first-order valence-electron chi connectivity index (χ1n) is 7.98. The van der Waals surface area contributed by atoms with E-state index in [1.807, 2.05) is 49.4 Å². The minimum atomic E-state index is -0.455. The molecule has 0 radical (unpaired) electrons. The maximum absolute atomic E-state index is 12.4. The number of carbonyl (C=O) groups excluding carboxylic acids is 1. The molecule has 0 spiro atoms. The van der Waals surface area contributed by atoms with E-state index in [0.717, 1.165) is 16.9 Å². The average Bonchev–Trinajstić information content (AvgIpc) is 2.63. The van der Waals surface area contributed by atoms with E-state index in [1.54, 1.807) is 30.3 Å². The molecule has 0 aliphatic heterocycles. The fraction of sp³-hybridized carbons (Fsp3) is 0.0952. The molecule has 126 valence electrons. The van der Waals surface area contributed by atoms with Crippen LogP contribution in [0.25, 0.3) is 11.1 Å². The van der Waals surface area contributed by atoms with Gasteiger partial charge in [0.15, 0.2) is 0 Å². The van der Waals surface area contributed by atoms with Crippen molar-refractivity contribution in [2.75, 3.05) is 6.61 Å². The van der Waals surface area contributed by atoms with E-state index < -0.39 is 5.97 Å². The number of carbonyl (C=O) groups is 1. The van der Waals surface area contributed by atoms with Crippen molar-refractivity contribution in [1.82, 2.24) is 0 Å². The molecule has 0 bridgehead atoms. The molecule has 0 heterocycles. The fourth-order valence-electron chi connectivity index (χ4n) is 2.52. The summed E-state index contributed by atoms with van der Waals surface area (Å²) in [5.41, 5.74) is 2.07. The van der Waals surface area contributed by atoms with Crippen molar-refractivity contribution in [3.63, 3.8) is 0 Å². The van der Waals surface area contributed by atoms with Crippen LogP contribution in [0.15, 0.2) is 72.8 Å². The fourth-order valence-corrected chi connectivity index (χ4v) is 2.71. The quantitative estimate of drug-likeness (QED) is 0.441. The Kier molecular flexibility index (Phi) is 5.36. The molecule has 0 aliphatic rings. The van der Waals surface area contributed by atoms with Crippen LogP contribution in [-0.2, 0) is 0 Å². The number of esters is 1. The van der Waals surface area contributed by atoms with Gasteiger partial charge in [-0.3, -0.25) is 0 Å². The highest BCUT2D eigenvalue weighted by Crippen LogP contribution is 2.36. The molecule has 3 rings (SSSR count). The van der Waals surface area contributed by atoms with Gasteiger partial charge in [0.2, 0.25) is 0 Å². The lowest BCUT2D eigenvalue weighted by Crippen LogP contribution is -2.09. The molecule has 0 amide bonds. The topological polar surface area (TPSA) is 35.5 Å². The van der Waals surface area contributed by atoms with E-state index in [9.17, 15) is 4.79 Å². The Morgan fingerprint density at radius 3 is 2.20 bits per heavy atom. The van der Waals surface area contributed by atoms with Crippen molar-refractivity contribution < 1.29 is 14.3 Å². The Morgan fingerprint density at radius 2 is 1.52 bits per heavy atom. The number of rotatable bonds is 5. The monoisotopic (exact) mass is 352 g/mol. The van der Waals surface area contributed by atoms with Crippen LogP contribution in [0.3, 0.4) is 0 Å². The van der Waals surface area contributed by atoms with Crippen LogP contribution in [0.4, 0.5) is 0 Å². The van der Waals surface area contributed by atoms with Gasteiger partial charge in [-0.1, -0.05) is 54.1 Å². The van der Waals surface area contributed by atoms with Crippen LogP contribution in [-0.4, -0.2) is 12.6 Å². The summed E-state index contributed by atoms with van der Waals surface area (Å²) < 4.78 is 11.3. The van der Waals surface area contributed by atoms with Crippen LogP contribution in [0, 0.1) is 0 Å². The largest absolute Gasteiger partial charge is 0.493 e. The van der Waals surface area contributed by atoms with Gasteiger partial charge in [0.25, 0.3) is 0 Å². The highest BCUT2D eigenvalue weighted by molar-refractivity contribution is 6.30. The SMILES string of the molecule is CCOc1ccccc1-c1ccccc1OC(=O)c1cccc(Cl)c1. The van der Waals surface area contributed by atoms with Gasteiger partial charge in [0, 0.05) is 16.1 Å². The summed E-state index contributed by atoms with van der Waals surface area (Å²) in [6, 6.07) is 21.8. The Labute approximate surface area is 151 Å². The van der Waals surface area contributed by atoms with Crippen molar-refractivity contribution in [3.05, 3.63) is 83.4 Å². The van der Waals surface area contributed by atoms with E-state index in [1.165, 1.54) is 0 Å². The summed E-state index contributed by atoms with van der Waals surface area (Å²) in [4.78, 5) is 12.4. The van der Waals surface area contributed by atoms with E-state index in [-0.39, 0.29) is 0 Å². The first-order chi connectivity index (χ1) is 12.2. The molecule has 0 N–H and O–H groups in total. The van der Waals surface area contributed by atoms with E-state index in [2.05, 4.69) is 0 Å². The molecule has 0 atom stereocenters. The molecule has 0 aliphatic carbocycles. The number of hydrogen-bond donors (Lipinski definition) is 0. The van der Waals surface area contributed by atoms with Gasteiger partial charge in [-0.15, -0.1) is 0 Å². The number of ether oxygens (including phenoxy) is 2. The molecule has 0 fully saturated rings. The predicted octanol–water partition coefficient (Wildman–Crippen LogP) is 5.62. The van der Waals surface area contributed by atoms with Crippen molar-refractivity contribution in [2.24, 2.45) is 0 Å². The lowest BCUT2D eigenvalue weighted by atomic mass is 10.0. The van der Waals surface area contributed by atoms with Crippen molar-refractivity contribution >= 4 is 17.6 Å². The third-order valence-corrected chi connectivity index (χ3v) is 3.86. The van der Waals surface area contributed by atoms with E-state index in [0.29, 0.717) is 22.9 Å². The molecule has 0 saturated heterocycles. The molecular formula is C21H17ClO3. The van der Waals surface area contributed by atoms with Crippen LogP contribution in [0.5, 0.6) is 11.5 Å². The summed E-state index contributed by atoms with van der Waals surface area (Å²) >= 11 is 5.95. The lowest BCUT2D eigenvalue weighted by molar-refractivity contribution is 0.0735. The van der Waals surface area contributed by atoms with E-state index in [4.69, 9.17) is 21.1 Å². The maximum Gasteiger partial charge on any atom is 0.343 e. The summed E-state index contributed by atoms with van der Waals surface area (Å²) in [7, 11) is 0. The van der Waals surface area contributed by atoms with Crippen LogP contribution in [0.1, 0.15) is 17.3 Å². The van der Waals surface area contributed by atoms with Gasteiger partial charge in [-0.2, -0.15) is 0 Å². The molecule has 3 nitrogen and oxygen atoms in total. The second kappa shape index (κ2) is 7.86. The van der Waals surface area contributed by atoms with Gasteiger partial charge < -0.3 is 9.47 Å². The number of benzene rings is 3. The minimum Gasteiger partial charge on any atom is -0.493 e. The first-order valence-corrected chi connectivity index (χ1v) is 8.36. The summed E-state index contributed by atoms with van der Waals surface area (Å²) in [6.07, 6.45) is 0. The predicted molar refractivity (Wildman–Crippen MR) is 99.5 cm³/mol. The highest BCUT2D eigenvalue weighted by Gasteiger charge is 2.15. The Morgan fingerprint density at radius 1 is 0.880 bits per heavy atom. The Bertz CT molecular complexity index is 890. The molecular weight excluding hydrogens is 336 g/mol. The van der Waals surface area contributed by atoms with Crippen LogP contribution in [0.2, 0.25) is 5.02 Å². The minimum absolute atomic E-state index is 0.403. The Balaban J connectivity index is 1.96. The third kappa shape index (κ3) is 4.01. The number of hydrogen-bond acceptors (Lipinski definition) is 3. The van der Waals surface area contributed by atoms with Crippen molar-refractivity contribution in [3.8, 4) is 22.6 Å². The third-order valence-electron chi connectivity index (χ3n) is 3.63. The van der Waals surface area contributed by atoms with Crippen molar-refractivity contribution in [1.29, 1.82) is 0 Å². The zero-order chi connectivity index (χ0) is 17.6. The van der Waals surface area contributed by atoms with Gasteiger partial charge in [0.1, 0.15) is 11.5 Å². The second-order valence-corrected chi connectivity index (χ2v) is 5.76. The number of halogens is 1. The molecule has 0 unspecified atom stereocenters. The maximum atomic E-state index is 12.4. The zero-order valence-corrected chi connectivity index (χ0v) is 14.5. The van der Waals surface area contributed by atoms with Crippen LogP contribution < -0.4 is 9.47 Å². The summed E-state index contributed by atoms with van der Waals surface area (Å²) in [5, 5.41) is 0.490. The normalized spacial score (nSPS) is 10.3. The van der Waals surface area contributed by atoms with Gasteiger partial charge in [-0.05, 0) is 37.3 Å². The molecule has 0 saturated carbocycles. The highest BCUT2D eigenvalue weighted by atomic mass is 35.5.